The largest absolute Gasteiger partial charge is 0.469 e. The normalized spacial score (nSPS) is 12.3. The molecule has 0 aliphatic carbocycles. The summed E-state index contributed by atoms with van der Waals surface area (Å²) in [5.74, 6) is -2.50. The third-order valence-corrected chi connectivity index (χ3v) is 1.92. The first-order valence-corrected chi connectivity index (χ1v) is 4.25. The molecule has 0 aliphatic rings. The molecule has 0 spiro atoms. The van der Waals surface area contributed by atoms with Crippen LogP contribution in [0.25, 0.3) is 0 Å². The molecule has 1 N–H and O–H groups in total. The van der Waals surface area contributed by atoms with Gasteiger partial charge in [0.1, 0.15) is 11.6 Å². The summed E-state index contributed by atoms with van der Waals surface area (Å²) in [5, 5.41) is 9.40. The van der Waals surface area contributed by atoms with Gasteiger partial charge in [-0.15, -0.1) is 0 Å². The van der Waals surface area contributed by atoms with Gasteiger partial charge < -0.3 is 9.84 Å². The van der Waals surface area contributed by atoms with Crippen molar-refractivity contribution in [2.24, 2.45) is 0 Å². The number of carbonyl (C=O) groups excluding carboxylic acids is 1. The van der Waals surface area contributed by atoms with Gasteiger partial charge >= 0.3 is 5.97 Å². The van der Waals surface area contributed by atoms with Crippen molar-refractivity contribution in [3.05, 3.63) is 35.4 Å². The second-order valence-corrected chi connectivity index (χ2v) is 2.93. The third-order valence-electron chi connectivity index (χ3n) is 1.92. The Hall–Kier alpha value is -1.49. The van der Waals surface area contributed by atoms with Crippen LogP contribution in [0.4, 0.5) is 8.78 Å². The van der Waals surface area contributed by atoms with E-state index < -0.39 is 35.7 Å². The van der Waals surface area contributed by atoms with E-state index in [-0.39, 0.29) is 0 Å². The van der Waals surface area contributed by atoms with Crippen LogP contribution in [0.3, 0.4) is 0 Å². The fourth-order valence-corrected chi connectivity index (χ4v) is 1.17. The molecule has 1 aromatic rings. The van der Waals surface area contributed by atoms with Gasteiger partial charge in [-0.1, -0.05) is 6.07 Å². The number of aliphatic hydroxyl groups excluding tert-OH is 1. The van der Waals surface area contributed by atoms with Gasteiger partial charge in [-0.05, 0) is 12.1 Å². The van der Waals surface area contributed by atoms with E-state index in [0.717, 1.165) is 19.2 Å². The van der Waals surface area contributed by atoms with Gasteiger partial charge in [-0.2, -0.15) is 0 Å². The third kappa shape index (κ3) is 2.73. The van der Waals surface area contributed by atoms with Crippen molar-refractivity contribution in [1.82, 2.24) is 0 Å². The number of esters is 1. The molecule has 82 valence electrons. The molecule has 0 bridgehead atoms. The number of benzene rings is 1. The molecule has 1 atom stereocenters. The summed E-state index contributed by atoms with van der Waals surface area (Å²) in [7, 11) is 1.13. The highest BCUT2D eigenvalue weighted by Gasteiger charge is 2.20. The van der Waals surface area contributed by atoms with E-state index in [0.29, 0.717) is 0 Å². The predicted octanol–water partition coefficient (Wildman–Crippen LogP) is 1.56. The highest BCUT2D eigenvalue weighted by molar-refractivity contribution is 5.70. The molecule has 0 aliphatic heterocycles. The summed E-state index contributed by atoms with van der Waals surface area (Å²) in [6.07, 6.45) is -2.01. The number of aliphatic hydroxyl groups is 1. The Balaban J connectivity index is 2.90. The minimum Gasteiger partial charge on any atom is -0.469 e. The number of hydrogen-bond acceptors (Lipinski definition) is 3. The van der Waals surface area contributed by atoms with E-state index in [2.05, 4.69) is 4.74 Å². The summed E-state index contributed by atoms with van der Waals surface area (Å²) in [6.45, 7) is 0. The van der Waals surface area contributed by atoms with E-state index in [1.165, 1.54) is 6.07 Å². The molecule has 0 saturated heterocycles. The minimum absolute atomic E-state index is 0.478. The van der Waals surface area contributed by atoms with Gasteiger partial charge in [0.05, 0.1) is 25.2 Å². The molecule has 1 rings (SSSR count). The van der Waals surface area contributed by atoms with Gasteiger partial charge in [-0.3, -0.25) is 4.79 Å². The number of methoxy groups -OCH3 is 1. The van der Waals surface area contributed by atoms with Crippen LogP contribution in [0.1, 0.15) is 18.1 Å². The molecule has 5 heteroatoms. The average Bonchev–Trinajstić information content (AvgIpc) is 2.17. The summed E-state index contributed by atoms with van der Waals surface area (Å²) >= 11 is 0. The average molecular weight is 216 g/mol. The van der Waals surface area contributed by atoms with Gasteiger partial charge in [0.2, 0.25) is 0 Å². The van der Waals surface area contributed by atoms with Crippen LogP contribution in [0.15, 0.2) is 18.2 Å². The van der Waals surface area contributed by atoms with Gasteiger partial charge in [-0.25, -0.2) is 8.78 Å². The lowest BCUT2D eigenvalue weighted by molar-refractivity contribution is -0.142. The topological polar surface area (TPSA) is 46.5 Å². The Morgan fingerprint density at radius 3 is 2.47 bits per heavy atom. The van der Waals surface area contributed by atoms with Crippen LogP contribution in [-0.2, 0) is 9.53 Å². The molecular formula is C10H10F2O3. The highest BCUT2D eigenvalue weighted by atomic mass is 19.1. The zero-order valence-corrected chi connectivity index (χ0v) is 8.04. The first-order chi connectivity index (χ1) is 7.06. The summed E-state index contributed by atoms with van der Waals surface area (Å²) < 4.78 is 30.5. The predicted molar refractivity (Wildman–Crippen MR) is 48.0 cm³/mol. The maximum atomic E-state index is 13.1. The van der Waals surface area contributed by atoms with E-state index >= 15 is 0 Å². The zero-order valence-electron chi connectivity index (χ0n) is 8.04. The monoisotopic (exact) mass is 216 g/mol. The van der Waals surface area contributed by atoms with Crippen molar-refractivity contribution < 1.29 is 23.4 Å². The van der Waals surface area contributed by atoms with Crippen molar-refractivity contribution in [2.75, 3.05) is 7.11 Å². The maximum Gasteiger partial charge on any atom is 0.308 e. The lowest BCUT2D eigenvalue weighted by Crippen LogP contribution is -2.11. The molecule has 15 heavy (non-hydrogen) atoms. The molecule has 0 heterocycles. The summed E-state index contributed by atoms with van der Waals surface area (Å²) in [5.41, 5.74) is -0.511. The van der Waals surface area contributed by atoms with Crippen LogP contribution < -0.4 is 0 Å². The smallest absolute Gasteiger partial charge is 0.308 e. The lowest BCUT2D eigenvalue weighted by atomic mass is 10.1. The molecule has 0 aromatic heterocycles. The Labute approximate surface area is 85.3 Å². The van der Waals surface area contributed by atoms with Gasteiger partial charge in [0, 0.05) is 0 Å². The van der Waals surface area contributed by atoms with Gasteiger partial charge in [0.25, 0.3) is 0 Å². The molecular weight excluding hydrogens is 206 g/mol. The first-order valence-electron chi connectivity index (χ1n) is 4.25. The van der Waals surface area contributed by atoms with Crippen molar-refractivity contribution >= 4 is 5.97 Å². The first kappa shape index (κ1) is 11.6. The molecule has 1 unspecified atom stereocenters. The number of ether oxygens (including phenoxy) is 1. The van der Waals surface area contributed by atoms with Crippen LogP contribution >= 0.6 is 0 Å². The number of carbonyl (C=O) groups is 1. The molecule has 0 amide bonds. The van der Waals surface area contributed by atoms with Crippen molar-refractivity contribution in [3.63, 3.8) is 0 Å². The number of halogens is 2. The number of hydrogen-bond donors (Lipinski definition) is 1. The molecule has 1 aromatic carbocycles. The molecule has 3 nitrogen and oxygen atoms in total. The van der Waals surface area contributed by atoms with Crippen molar-refractivity contribution in [2.45, 2.75) is 12.5 Å². The Bertz CT molecular complexity index is 345. The van der Waals surface area contributed by atoms with Gasteiger partial charge in [0.15, 0.2) is 0 Å². The fourth-order valence-electron chi connectivity index (χ4n) is 1.17. The van der Waals surface area contributed by atoms with E-state index in [1.807, 2.05) is 0 Å². The van der Waals surface area contributed by atoms with Crippen LogP contribution in [0.2, 0.25) is 0 Å². The lowest BCUT2D eigenvalue weighted by Gasteiger charge is -2.11. The summed E-state index contributed by atoms with van der Waals surface area (Å²) in [4.78, 5) is 10.8. The fraction of sp³-hybridized carbons (Fsp3) is 0.300. The van der Waals surface area contributed by atoms with E-state index in [9.17, 15) is 18.7 Å². The van der Waals surface area contributed by atoms with Crippen molar-refractivity contribution in [3.8, 4) is 0 Å². The molecule has 0 saturated carbocycles. The number of rotatable bonds is 3. The van der Waals surface area contributed by atoms with E-state index in [1.54, 1.807) is 0 Å². The van der Waals surface area contributed by atoms with Crippen LogP contribution in [0.5, 0.6) is 0 Å². The second-order valence-electron chi connectivity index (χ2n) is 2.93. The van der Waals surface area contributed by atoms with Crippen molar-refractivity contribution in [1.29, 1.82) is 0 Å². The standard InChI is InChI=1S/C10H10F2O3/c1-15-9(14)5-8(13)10-6(11)3-2-4-7(10)12/h2-4,8,13H,5H2,1H3. The van der Waals surface area contributed by atoms with Crippen LogP contribution in [0, 0.1) is 11.6 Å². The quantitative estimate of drug-likeness (QED) is 0.780. The second kappa shape index (κ2) is 4.84. The van der Waals surface area contributed by atoms with E-state index in [4.69, 9.17) is 0 Å². The zero-order chi connectivity index (χ0) is 11.4. The molecule has 0 radical (unpaired) electrons. The Morgan fingerprint density at radius 1 is 1.47 bits per heavy atom. The Kier molecular flexibility index (Phi) is 3.74. The minimum atomic E-state index is -1.53. The highest BCUT2D eigenvalue weighted by Crippen LogP contribution is 2.23. The maximum absolute atomic E-state index is 13.1. The summed E-state index contributed by atoms with van der Waals surface area (Å²) in [6, 6.07) is 3.21. The SMILES string of the molecule is COC(=O)CC(O)c1c(F)cccc1F. The Morgan fingerprint density at radius 2 is 2.00 bits per heavy atom. The van der Waals surface area contributed by atoms with Crippen LogP contribution in [-0.4, -0.2) is 18.2 Å². The molecule has 0 fully saturated rings.